The summed E-state index contributed by atoms with van der Waals surface area (Å²) in [6, 6.07) is 15.8. The maximum Gasteiger partial charge on any atom is 0.289 e. The molecule has 2 aromatic rings. The Kier molecular flexibility index (Phi) is 6.18. The van der Waals surface area contributed by atoms with Crippen molar-refractivity contribution < 1.29 is 19.2 Å². The van der Waals surface area contributed by atoms with E-state index >= 15 is 0 Å². The first kappa shape index (κ1) is 22.3. The van der Waals surface area contributed by atoms with E-state index in [1.807, 2.05) is 42.5 Å². The molecule has 3 amide bonds. The standard InChI is InChI=1S/C27H29N3O4/c31-24-13-12-23(30(24)21-15-18-8-4-5-9-19(18)16-21)26(33)29-22(14-17-6-2-1-3-7-17)25(32)27(34)28-20-10-11-20/h1-9,20-23H,10-16H2,(H,28,34)(H,29,33)/t22?,23-/m1/s1. The van der Waals surface area contributed by atoms with Gasteiger partial charge in [0, 0.05) is 24.9 Å². The van der Waals surface area contributed by atoms with Gasteiger partial charge in [-0.05, 0) is 48.8 Å². The highest BCUT2D eigenvalue weighted by Gasteiger charge is 2.43. The molecule has 2 atom stereocenters. The molecule has 0 aromatic heterocycles. The topological polar surface area (TPSA) is 95.6 Å². The second-order valence-corrected chi connectivity index (χ2v) is 9.55. The van der Waals surface area contributed by atoms with E-state index in [9.17, 15) is 19.2 Å². The third kappa shape index (κ3) is 4.74. The molecule has 5 rings (SSSR count). The summed E-state index contributed by atoms with van der Waals surface area (Å²) >= 11 is 0. The van der Waals surface area contributed by atoms with E-state index in [0.29, 0.717) is 12.8 Å². The smallest absolute Gasteiger partial charge is 0.289 e. The first-order chi connectivity index (χ1) is 16.5. The highest BCUT2D eigenvalue weighted by molar-refractivity contribution is 6.38. The molecule has 0 spiro atoms. The van der Waals surface area contributed by atoms with Crippen LogP contribution in [0.25, 0.3) is 0 Å². The van der Waals surface area contributed by atoms with Crippen LogP contribution in [0.2, 0.25) is 0 Å². The minimum atomic E-state index is -0.980. The maximum atomic E-state index is 13.4. The Hall–Kier alpha value is -3.48. The molecule has 1 saturated carbocycles. The summed E-state index contributed by atoms with van der Waals surface area (Å²) in [6.45, 7) is 0. The van der Waals surface area contributed by atoms with Crippen molar-refractivity contribution in [2.75, 3.05) is 0 Å². The molecular weight excluding hydrogens is 430 g/mol. The zero-order valence-corrected chi connectivity index (χ0v) is 19.0. The van der Waals surface area contributed by atoms with Gasteiger partial charge in [0.1, 0.15) is 12.1 Å². The van der Waals surface area contributed by atoms with Crippen molar-refractivity contribution in [2.24, 2.45) is 0 Å². The van der Waals surface area contributed by atoms with Crippen LogP contribution in [0.1, 0.15) is 42.4 Å². The number of fused-ring (bicyclic) bond motifs is 1. The minimum Gasteiger partial charge on any atom is -0.347 e. The number of carbonyl (C=O) groups excluding carboxylic acids is 4. The van der Waals surface area contributed by atoms with Gasteiger partial charge >= 0.3 is 0 Å². The molecule has 1 heterocycles. The van der Waals surface area contributed by atoms with Crippen LogP contribution >= 0.6 is 0 Å². The largest absolute Gasteiger partial charge is 0.347 e. The fourth-order valence-electron chi connectivity index (χ4n) is 5.12. The number of hydrogen-bond donors (Lipinski definition) is 2. The lowest BCUT2D eigenvalue weighted by Gasteiger charge is -2.31. The number of carbonyl (C=O) groups is 4. The lowest BCUT2D eigenvalue weighted by Crippen LogP contribution is -2.55. The molecule has 1 unspecified atom stereocenters. The quantitative estimate of drug-likeness (QED) is 0.588. The van der Waals surface area contributed by atoms with E-state index in [1.165, 1.54) is 11.1 Å². The number of amides is 3. The molecule has 7 nitrogen and oxygen atoms in total. The highest BCUT2D eigenvalue weighted by Crippen LogP contribution is 2.31. The van der Waals surface area contributed by atoms with E-state index in [-0.39, 0.29) is 30.3 Å². The summed E-state index contributed by atoms with van der Waals surface area (Å²) in [4.78, 5) is 53.4. The predicted octanol–water partition coefficient (Wildman–Crippen LogP) is 1.72. The second-order valence-electron chi connectivity index (χ2n) is 9.55. The van der Waals surface area contributed by atoms with Gasteiger partial charge in [0.05, 0.1) is 0 Å². The predicted molar refractivity (Wildman–Crippen MR) is 126 cm³/mol. The number of ketones is 1. The van der Waals surface area contributed by atoms with Crippen molar-refractivity contribution in [3.05, 3.63) is 71.3 Å². The Bertz CT molecular complexity index is 1090. The Morgan fingerprint density at radius 1 is 0.912 bits per heavy atom. The fourth-order valence-corrected chi connectivity index (χ4v) is 5.12. The molecule has 2 N–H and O–H groups in total. The van der Waals surface area contributed by atoms with Gasteiger partial charge in [-0.3, -0.25) is 19.2 Å². The van der Waals surface area contributed by atoms with E-state index in [0.717, 1.165) is 31.2 Å². The lowest BCUT2D eigenvalue weighted by atomic mass is 10.0. The molecule has 0 radical (unpaired) electrons. The molecule has 1 saturated heterocycles. The first-order valence-electron chi connectivity index (χ1n) is 12.1. The Morgan fingerprint density at radius 3 is 2.21 bits per heavy atom. The number of likely N-dealkylation sites (tertiary alicyclic amines) is 1. The average Bonchev–Trinajstić information content (AvgIpc) is 3.41. The zero-order valence-electron chi connectivity index (χ0n) is 19.0. The number of hydrogen-bond acceptors (Lipinski definition) is 4. The first-order valence-corrected chi connectivity index (χ1v) is 12.1. The van der Waals surface area contributed by atoms with Crippen LogP contribution in [-0.2, 0) is 38.4 Å². The lowest BCUT2D eigenvalue weighted by molar-refractivity contribution is -0.142. The molecule has 2 aromatic carbocycles. The van der Waals surface area contributed by atoms with Gasteiger partial charge in [-0.1, -0.05) is 54.6 Å². The van der Waals surface area contributed by atoms with Crippen LogP contribution in [0.15, 0.2) is 54.6 Å². The van der Waals surface area contributed by atoms with Gasteiger partial charge in [-0.2, -0.15) is 0 Å². The molecule has 0 bridgehead atoms. The van der Waals surface area contributed by atoms with E-state index in [1.54, 1.807) is 4.90 Å². The van der Waals surface area contributed by atoms with Gasteiger partial charge in [0.25, 0.3) is 5.91 Å². The zero-order chi connectivity index (χ0) is 23.7. The van der Waals surface area contributed by atoms with Crippen LogP contribution < -0.4 is 10.6 Å². The van der Waals surface area contributed by atoms with Crippen molar-refractivity contribution >= 4 is 23.5 Å². The van der Waals surface area contributed by atoms with Crippen LogP contribution in [0, 0.1) is 0 Å². The maximum absolute atomic E-state index is 13.4. The van der Waals surface area contributed by atoms with Crippen LogP contribution in [0.3, 0.4) is 0 Å². The van der Waals surface area contributed by atoms with Gasteiger partial charge in [0.15, 0.2) is 0 Å². The Labute approximate surface area is 198 Å². The number of nitrogens with zero attached hydrogens (tertiary/aromatic N) is 1. The number of Topliss-reactive ketones (excluding diaryl/α,β-unsaturated/α-hetero) is 1. The Morgan fingerprint density at radius 2 is 1.56 bits per heavy atom. The Balaban J connectivity index is 1.31. The average molecular weight is 460 g/mol. The normalized spacial score (nSPS) is 20.6. The van der Waals surface area contributed by atoms with Gasteiger partial charge in [-0.15, -0.1) is 0 Å². The van der Waals surface area contributed by atoms with Crippen LogP contribution in [0.4, 0.5) is 0 Å². The molecule has 2 fully saturated rings. The number of benzene rings is 2. The summed E-state index contributed by atoms with van der Waals surface area (Å²) < 4.78 is 0. The van der Waals surface area contributed by atoms with E-state index in [2.05, 4.69) is 22.8 Å². The summed E-state index contributed by atoms with van der Waals surface area (Å²) in [5.41, 5.74) is 3.27. The van der Waals surface area contributed by atoms with Crippen molar-refractivity contribution in [1.29, 1.82) is 0 Å². The molecule has 2 aliphatic carbocycles. The van der Waals surface area contributed by atoms with Gasteiger partial charge < -0.3 is 15.5 Å². The highest BCUT2D eigenvalue weighted by atomic mass is 16.2. The van der Waals surface area contributed by atoms with Crippen LogP contribution in [-0.4, -0.2) is 52.6 Å². The molecule has 7 heteroatoms. The third-order valence-corrected chi connectivity index (χ3v) is 7.03. The summed E-state index contributed by atoms with van der Waals surface area (Å²) in [5, 5.41) is 5.56. The van der Waals surface area contributed by atoms with Gasteiger partial charge in [0.2, 0.25) is 17.6 Å². The SMILES string of the molecule is O=C(NC1CC1)C(=O)C(Cc1ccccc1)NC(=O)[C@H]1CCC(=O)N1C1Cc2ccccc2C1. The fraction of sp³-hybridized carbons (Fsp3) is 0.407. The van der Waals surface area contributed by atoms with E-state index in [4.69, 9.17) is 0 Å². The molecule has 34 heavy (non-hydrogen) atoms. The summed E-state index contributed by atoms with van der Waals surface area (Å²) in [7, 11) is 0. The van der Waals surface area contributed by atoms with E-state index < -0.39 is 23.8 Å². The molecular formula is C27H29N3O4. The molecule has 1 aliphatic heterocycles. The second kappa shape index (κ2) is 9.41. The van der Waals surface area contributed by atoms with Crippen molar-refractivity contribution in [1.82, 2.24) is 15.5 Å². The molecule has 3 aliphatic rings. The van der Waals surface area contributed by atoms with Crippen molar-refractivity contribution in [3.8, 4) is 0 Å². The number of rotatable bonds is 8. The summed E-state index contributed by atoms with van der Waals surface area (Å²) in [5.74, 6) is -1.70. The van der Waals surface area contributed by atoms with Crippen molar-refractivity contribution in [2.45, 2.75) is 69.1 Å². The minimum absolute atomic E-state index is 0.0321. The monoisotopic (exact) mass is 459 g/mol. The van der Waals surface area contributed by atoms with Gasteiger partial charge in [-0.25, -0.2) is 0 Å². The summed E-state index contributed by atoms with van der Waals surface area (Å²) in [6.07, 6.45) is 4.14. The molecule has 176 valence electrons. The third-order valence-electron chi connectivity index (χ3n) is 7.03. The number of nitrogens with one attached hydrogen (secondary N) is 2. The van der Waals surface area contributed by atoms with Crippen LogP contribution in [0.5, 0.6) is 0 Å². The van der Waals surface area contributed by atoms with Crippen molar-refractivity contribution in [3.63, 3.8) is 0 Å².